The van der Waals surface area contributed by atoms with E-state index in [0.717, 1.165) is 22.6 Å². The zero-order valence-corrected chi connectivity index (χ0v) is 16.0. The first kappa shape index (κ1) is 18.6. The molecule has 0 fully saturated rings. The molecule has 3 aromatic rings. The van der Waals surface area contributed by atoms with E-state index in [9.17, 15) is 4.79 Å². The van der Waals surface area contributed by atoms with Gasteiger partial charge in [0, 0.05) is 30.8 Å². The monoisotopic (exact) mass is 365 g/mol. The summed E-state index contributed by atoms with van der Waals surface area (Å²) in [5.41, 5.74) is 3.78. The summed E-state index contributed by atoms with van der Waals surface area (Å²) in [6.45, 7) is 6.15. The largest absolute Gasteiger partial charge is 0.337 e. The number of benzene rings is 1. The third-order valence-corrected chi connectivity index (χ3v) is 4.32. The van der Waals surface area contributed by atoms with Gasteiger partial charge in [-0.1, -0.05) is 30.3 Å². The number of amides is 1. The van der Waals surface area contributed by atoms with Crippen molar-refractivity contribution in [2.24, 2.45) is 0 Å². The summed E-state index contributed by atoms with van der Waals surface area (Å²) < 4.78 is 7.02. The summed E-state index contributed by atoms with van der Waals surface area (Å²) in [5, 5.41) is 8.43. The minimum atomic E-state index is -0.141. The minimum absolute atomic E-state index is 0.141. The lowest BCUT2D eigenvalue weighted by Crippen LogP contribution is -2.24. The number of nitrogens with zero attached hydrogens (tertiary/aromatic N) is 5. The quantitative estimate of drug-likeness (QED) is 0.627. The number of carbonyl (C=O) groups excluding carboxylic acids is 1. The lowest BCUT2D eigenvalue weighted by molar-refractivity contribution is -0.125. The second-order valence-corrected chi connectivity index (χ2v) is 6.32. The van der Waals surface area contributed by atoms with Crippen LogP contribution >= 0.6 is 0 Å². The van der Waals surface area contributed by atoms with Crippen LogP contribution in [0.3, 0.4) is 0 Å². The summed E-state index contributed by atoms with van der Waals surface area (Å²) in [5.74, 6) is 0.929. The number of aromatic nitrogens is 4. The maximum atomic E-state index is 12.4. The van der Waals surface area contributed by atoms with E-state index in [2.05, 4.69) is 15.2 Å². The van der Waals surface area contributed by atoms with Crippen molar-refractivity contribution in [3.05, 3.63) is 65.1 Å². The molecule has 2 heterocycles. The summed E-state index contributed by atoms with van der Waals surface area (Å²) in [6, 6.07) is 9.92. The van der Waals surface area contributed by atoms with Crippen LogP contribution in [0.1, 0.15) is 35.6 Å². The van der Waals surface area contributed by atoms with Gasteiger partial charge < -0.3 is 9.42 Å². The third kappa shape index (κ3) is 4.13. The fourth-order valence-corrected chi connectivity index (χ4v) is 2.78. The molecule has 0 spiro atoms. The van der Waals surface area contributed by atoms with Gasteiger partial charge in [0.25, 0.3) is 0 Å². The molecule has 0 aliphatic carbocycles. The van der Waals surface area contributed by atoms with Crippen LogP contribution in [0, 0.1) is 13.8 Å². The van der Waals surface area contributed by atoms with E-state index in [0.29, 0.717) is 18.1 Å². The van der Waals surface area contributed by atoms with Gasteiger partial charge in [-0.2, -0.15) is 10.1 Å². The molecule has 27 heavy (non-hydrogen) atoms. The summed E-state index contributed by atoms with van der Waals surface area (Å²) in [4.78, 5) is 18.2. The molecule has 2 aromatic heterocycles. The predicted octanol–water partition coefficient (Wildman–Crippen LogP) is 3.11. The molecule has 3 rings (SSSR count). The Kier molecular flexibility index (Phi) is 5.49. The van der Waals surface area contributed by atoms with Crippen molar-refractivity contribution in [3.63, 3.8) is 0 Å². The van der Waals surface area contributed by atoms with Gasteiger partial charge in [0.1, 0.15) is 0 Å². The number of para-hydroxylation sites is 1. The van der Waals surface area contributed by atoms with Gasteiger partial charge in [-0.15, -0.1) is 0 Å². The Bertz CT molecular complexity index is 956. The Morgan fingerprint density at radius 1 is 1.26 bits per heavy atom. The molecular formula is C20H23N5O2. The van der Waals surface area contributed by atoms with E-state index in [-0.39, 0.29) is 12.5 Å². The fourth-order valence-electron chi connectivity index (χ4n) is 2.78. The van der Waals surface area contributed by atoms with Crippen LogP contribution in [-0.2, 0) is 17.8 Å². The Labute approximate surface area is 158 Å². The molecule has 1 aromatic carbocycles. The molecule has 0 N–H and O–H groups in total. The van der Waals surface area contributed by atoms with Crippen LogP contribution in [0.5, 0.6) is 0 Å². The first-order valence-electron chi connectivity index (χ1n) is 8.86. The average Bonchev–Trinajstić information content (AvgIpc) is 3.24. The molecule has 0 atom stereocenters. The van der Waals surface area contributed by atoms with Gasteiger partial charge in [-0.05, 0) is 32.1 Å². The number of hydrogen-bond donors (Lipinski definition) is 0. The number of rotatable bonds is 6. The van der Waals surface area contributed by atoms with Crippen molar-refractivity contribution in [1.82, 2.24) is 24.8 Å². The van der Waals surface area contributed by atoms with Crippen LogP contribution < -0.4 is 0 Å². The van der Waals surface area contributed by atoms with Crippen LogP contribution in [-0.4, -0.2) is 37.8 Å². The number of likely N-dealkylation sites (N-methyl/N-ethyl adjacent to an activating group) is 1. The van der Waals surface area contributed by atoms with E-state index in [1.807, 2.05) is 55.8 Å². The predicted molar refractivity (Wildman–Crippen MR) is 102 cm³/mol. The van der Waals surface area contributed by atoms with Crippen LogP contribution in [0.15, 0.2) is 40.9 Å². The molecule has 7 heteroatoms. The summed E-state index contributed by atoms with van der Waals surface area (Å²) in [6.07, 6.45) is 4.05. The normalized spacial score (nSPS) is 11.3. The summed E-state index contributed by atoms with van der Waals surface area (Å²) >= 11 is 0. The number of carbonyl (C=O) groups is 1. The topological polar surface area (TPSA) is 77.0 Å². The van der Waals surface area contributed by atoms with E-state index < -0.39 is 0 Å². The Balaban J connectivity index is 1.73. The van der Waals surface area contributed by atoms with Gasteiger partial charge in [-0.3, -0.25) is 4.79 Å². The van der Waals surface area contributed by atoms with Gasteiger partial charge >= 0.3 is 0 Å². The van der Waals surface area contributed by atoms with Crippen LogP contribution in [0.4, 0.5) is 0 Å². The molecule has 0 radical (unpaired) electrons. The van der Waals surface area contributed by atoms with E-state index in [4.69, 9.17) is 4.52 Å². The molecule has 0 aliphatic rings. The van der Waals surface area contributed by atoms with Crippen molar-refractivity contribution in [2.45, 2.75) is 33.7 Å². The molecule has 7 nitrogen and oxygen atoms in total. The van der Waals surface area contributed by atoms with E-state index >= 15 is 0 Å². The van der Waals surface area contributed by atoms with Gasteiger partial charge in [0.15, 0.2) is 5.82 Å². The van der Waals surface area contributed by atoms with Crippen molar-refractivity contribution in [3.8, 4) is 5.69 Å². The molecule has 1 amide bonds. The lowest BCUT2D eigenvalue weighted by atomic mass is 10.2. The Morgan fingerprint density at radius 2 is 2.00 bits per heavy atom. The highest BCUT2D eigenvalue weighted by Gasteiger charge is 2.13. The highest BCUT2D eigenvalue weighted by atomic mass is 16.5. The third-order valence-electron chi connectivity index (χ3n) is 4.32. The van der Waals surface area contributed by atoms with Crippen LogP contribution in [0.2, 0.25) is 0 Å². The molecule has 0 saturated carbocycles. The average molecular weight is 365 g/mol. The number of aryl methyl sites for hydroxylation is 2. The van der Waals surface area contributed by atoms with Crippen molar-refractivity contribution >= 4 is 12.0 Å². The second kappa shape index (κ2) is 7.99. The summed E-state index contributed by atoms with van der Waals surface area (Å²) in [7, 11) is 1.70. The van der Waals surface area contributed by atoms with Gasteiger partial charge in [0.05, 0.1) is 17.9 Å². The van der Waals surface area contributed by atoms with E-state index in [1.165, 1.54) is 4.90 Å². The molecule has 140 valence electrons. The van der Waals surface area contributed by atoms with Crippen molar-refractivity contribution in [2.75, 3.05) is 7.05 Å². The minimum Gasteiger partial charge on any atom is -0.337 e. The Morgan fingerprint density at radius 3 is 2.67 bits per heavy atom. The molecular weight excluding hydrogens is 342 g/mol. The lowest BCUT2D eigenvalue weighted by Gasteiger charge is -2.11. The molecule has 0 aliphatic heterocycles. The molecule has 0 bridgehead atoms. The molecule has 0 unspecified atom stereocenters. The zero-order valence-electron chi connectivity index (χ0n) is 16.0. The first-order chi connectivity index (χ1) is 13.0. The first-order valence-corrected chi connectivity index (χ1v) is 8.86. The second-order valence-electron chi connectivity index (χ2n) is 6.32. The van der Waals surface area contributed by atoms with Crippen molar-refractivity contribution < 1.29 is 9.32 Å². The van der Waals surface area contributed by atoms with E-state index in [1.54, 1.807) is 19.2 Å². The zero-order chi connectivity index (χ0) is 19.4. The fraction of sp³-hybridized carbons (Fsp3) is 0.300. The smallest absolute Gasteiger partial charge is 0.246 e. The highest BCUT2D eigenvalue weighted by molar-refractivity contribution is 5.91. The van der Waals surface area contributed by atoms with Gasteiger partial charge in [0.2, 0.25) is 11.8 Å². The number of hydrogen-bond acceptors (Lipinski definition) is 5. The van der Waals surface area contributed by atoms with Crippen molar-refractivity contribution in [1.29, 1.82) is 0 Å². The maximum absolute atomic E-state index is 12.4. The standard InChI is InChI=1S/C20H23N5O2/c1-5-18-21-19(27-23-18)13-24(4)20(26)12-11-17-14(2)22-25(15(17)3)16-9-7-6-8-10-16/h6-12H,5,13H2,1-4H3/b12-11+. The highest BCUT2D eigenvalue weighted by Crippen LogP contribution is 2.19. The Hall–Kier alpha value is -3.22. The SMILES string of the molecule is CCc1noc(CN(C)C(=O)/C=C/c2c(C)nn(-c3ccccc3)c2C)n1. The van der Waals surface area contributed by atoms with Gasteiger partial charge in [-0.25, -0.2) is 4.68 Å². The maximum Gasteiger partial charge on any atom is 0.246 e. The molecule has 0 saturated heterocycles. The van der Waals surface area contributed by atoms with Crippen LogP contribution in [0.25, 0.3) is 11.8 Å².